The number of fused-ring (bicyclic) bond motifs is 1. The van der Waals surface area contributed by atoms with Gasteiger partial charge < -0.3 is 26.0 Å². The van der Waals surface area contributed by atoms with Crippen molar-refractivity contribution < 1.29 is 28.7 Å². The minimum absolute atomic E-state index is 0.129. The van der Waals surface area contributed by atoms with Crippen LogP contribution in [-0.2, 0) is 35.1 Å². The number of amides is 4. The first-order valence-corrected chi connectivity index (χ1v) is 14.0. The van der Waals surface area contributed by atoms with Gasteiger partial charge in [0, 0.05) is 18.9 Å². The van der Waals surface area contributed by atoms with Gasteiger partial charge in [0.05, 0.1) is 6.42 Å². The van der Waals surface area contributed by atoms with E-state index >= 15 is 0 Å². The molecule has 4 N–H and O–H groups in total. The van der Waals surface area contributed by atoms with Crippen molar-refractivity contribution in [1.29, 1.82) is 0 Å². The predicted octanol–water partition coefficient (Wildman–Crippen LogP) is 2.24. The van der Waals surface area contributed by atoms with Crippen LogP contribution in [0.15, 0.2) is 30.3 Å². The number of esters is 1. The van der Waals surface area contributed by atoms with Crippen LogP contribution in [-0.4, -0.2) is 64.8 Å². The molecule has 1 heterocycles. The number of nitrogens with two attached hydrogens (primary N) is 1. The standard InChI is InChI=1S/C30H42N4O6/c1-6-22(26(31)36)32-28(38)24-12-9-15-34(24)29(39)23(17-20-14-13-19-10-7-8-11-21(19)20)33-27(37)18(2)16-25(35)40-30(3,4)5/h7-8,10-11,14,18,22-24H,6,9,12-13,15-17H2,1-5H3,(H2,31,36)(H,32,38)(H,33,37)/t18-,22-,23?,24?/m0/s1. The molecule has 1 aliphatic heterocycles. The molecule has 0 spiro atoms. The van der Waals surface area contributed by atoms with E-state index in [9.17, 15) is 24.0 Å². The number of primary amides is 1. The van der Waals surface area contributed by atoms with Gasteiger partial charge in [-0.1, -0.05) is 44.2 Å². The van der Waals surface area contributed by atoms with Gasteiger partial charge in [-0.2, -0.15) is 0 Å². The molecule has 4 amide bonds. The highest BCUT2D eigenvalue weighted by atomic mass is 16.6. The van der Waals surface area contributed by atoms with Gasteiger partial charge in [-0.15, -0.1) is 0 Å². The van der Waals surface area contributed by atoms with Crippen molar-refractivity contribution in [3.8, 4) is 0 Å². The maximum atomic E-state index is 13.9. The van der Waals surface area contributed by atoms with Gasteiger partial charge in [0.15, 0.2) is 0 Å². The topological polar surface area (TPSA) is 148 Å². The number of nitrogens with zero attached hydrogens (tertiary/aromatic N) is 1. The summed E-state index contributed by atoms with van der Waals surface area (Å²) < 4.78 is 5.36. The number of rotatable bonds is 11. The molecule has 10 heteroatoms. The Morgan fingerprint density at radius 1 is 1.10 bits per heavy atom. The highest BCUT2D eigenvalue weighted by molar-refractivity contribution is 5.96. The Kier molecular flexibility index (Phi) is 10.1. The summed E-state index contributed by atoms with van der Waals surface area (Å²) in [7, 11) is 0. The largest absolute Gasteiger partial charge is 0.460 e. The molecular formula is C30H42N4O6. The van der Waals surface area contributed by atoms with E-state index in [2.05, 4.69) is 10.6 Å². The van der Waals surface area contributed by atoms with Crippen LogP contribution in [0.25, 0.3) is 5.57 Å². The monoisotopic (exact) mass is 554 g/mol. The van der Waals surface area contributed by atoms with Crippen molar-refractivity contribution in [2.45, 2.75) is 96.9 Å². The van der Waals surface area contributed by atoms with E-state index in [0.717, 1.165) is 23.1 Å². The minimum atomic E-state index is -0.947. The molecule has 1 aromatic rings. The third-order valence-electron chi connectivity index (χ3n) is 7.22. The number of benzene rings is 1. The van der Waals surface area contributed by atoms with Gasteiger partial charge in [0.25, 0.3) is 0 Å². The summed E-state index contributed by atoms with van der Waals surface area (Å²) in [5.41, 5.74) is 7.83. The molecule has 2 aliphatic rings. The summed E-state index contributed by atoms with van der Waals surface area (Å²) >= 11 is 0. The van der Waals surface area contributed by atoms with Crippen LogP contribution in [0.1, 0.15) is 77.8 Å². The van der Waals surface area contributed by atoms with Crippen molar-refractivity contribution in [2.24, 2.45) is 11.7 Å². The Bertz CT molecular complexity index is 1170. The van der Waals surface area contributed by atoms with E-state index < -0.39 is 53.3 Å². The second kappa shape index (κ2) is 13.1. The molecule has 1 saturated heterocycles. The first kappa shape index (κ1) is 30.8. The lowest BCUT2D eigenvalue weighted by atomic mass is 9.97. The van der Waals surface area contributed by atoms with E-state index in [0.29, 0.717) is 25.8 Å². The van der Waals surface area contributed by atoms with Gasteiger partial charge in [-0.05, 0) is 63.2 Å². The first-order valence-electron chi connectivity index (χ1n) is 14.0. The highest BCUT2D eigenvalue weighted by Gasteiger charge is 2.39. The lowest BCUT2D eigenvalue weighted by Gasteiger charge is -2.30. The molecule has 218 valence electrons. The molecule has 3 rings (SSSR count). The molecule has 0 radical (unpaired) electrons. The van der Waals surface area contributed by atoms with Gasteiger partial charge in [-0.3, -0.25) is 24.0 Å². The zero-order valence-corrected chi connectivity index (χ0v) is 24.1. The quantitative estimate of drug-likeness (QED) is 0.357. The molecule has 10 nitrogen and oxygen atoms in total. The Morgan fingerprint density at radius 3 is 2.45 bits per heavy atom. The van der Waals surface area contributed by atoms with E-state index in [1.807, 2.05) is 30.3 Å². The predicted molar refractivity (Wildman–Crippen MR) is 150 cm³/mol. The van der Waals surface area contributed by atoms with Gasteiger partial charge in [0.1, 0.15) is 23.7 Å². The Balaban J connectivity index is 1.79. The molecule has 1 fully saturated rings. The fraction of sp³-hybridized carbons (Fsp3) is 0.567. The zero-order chi connectivity index (χ0) is 29.6. The number of hydrogen-bond donors (Lipinski definition) is 3. The Labute approximate surface area is 236 Å². The molecule has 4 atom stereocenters. The van der Waals surface area contributed by atoms with Crippen LogP contribution in [0.3, 0.4) is 0 Å². The van der Waals surface area contributed by atoms with E-state index in [1.165, 1.54) is 4.90 Å². The number of nitrogens with one attached hydrogen (secondary N) is 2. The molecule has 0 bridgehead atoms. The number of carbonyl (C=O) groups excluding carboxylic acids is 5. The molecule has 0 aromatic heterocycles. The van der Waals surface area contributed by atoms with Crippen LogP contribution in [0, 0.1) is 5.92 Å². The zero-order valence-electron chi connectivity index (χ0n) is 24.1. The van der Waals surface area contributed by atoms with Gasteiger partial charge in [0.2, 0.25) is 23.6 Å². The molecule has 2 unspecified atom stereocenters. The number of likely N-dealkylation sites (tertiary alicyclic amines) is 1. The van der Waals surface area contributed by atoms with Crippen molar-refractivity contribution in [2.75, 3.05) is 6.54 Å². The maximum absolute atomic E-state index is 13.9. The van der Waals surface area contributed by atoms with Crippen molar-refractivity contribution >= 4 is 35.2 Å². The van der Waals surface area contributed by atoms with Crippen molar-refractivity contribution in [3.63, 3.8) is 0 Å². The van der Waals surface area contributed by atoms with E-state index in [4.69, 9.17) is 10.5 Å². The fourth-order valence-corrected chi connectivity index (χ4v) is 5.15. The molecular weight excluding hydrogens is 512 g/mol. The van der Waals surface area contributed by atoms with Crippen LogP contribution in [0.5, 0.6) is 0 Å². The smallest absolute Gasteiger partial charge is 0.307 e. The average Bonchev–Trinajstić information content (AvgIpc) is 3.52. The molecule has 0 saturated carbocycles. The van der Waals surface area contributed by atoms with Crippen LogP contribution in [0.4, 0.5) is 0 Å². The van der Waals surface area contributed by atoms with Gasteiger partial charge >= 0.3 is 5.97 Å². The second-order valence-electron chi connectivity index (χ2n) is 11.6. The second-order valence-corrected chi connectivity index (χ2v) is 11.6. The molecule has 40 heavy (non-hydrogen) atoms. The summed E-state index contributed by atoms with van der Waals surface area (Å²) in [6.07, 6.45) is 4.28. The third kappa shape index (κ3) is 7.92. The average molecular weight is 555 g/mol. The lowest BCUT2D eigenvalue weighted by Crippen LogP contribution is -2.56. The maximum Gasteiger partial charge on any atom is 0.307 e. The van der Waals surface area contributed by atoms with Crippen LogP contribution >= 0.6 is 0 Å². The summed E-state index contributed by atoms with van der Waals surface area (Å²) in [5.74, 6) is -3.13. The van der Waals surface area contributed by atoms with Crippen molar-refractivity contribution in [3.05, 3.63) is 41.5 Å². The highest BCUT2D eigenvalue weighted by Crippen LogP contribution is 2.31. The summed E-state index contributed by atoms with van der Waals surface area (Å²) in [4.78, 5) is 65.7. The lowest BCUT2D eigenvalue weighted by molar-refractivity contribution is -0.157. The number of hydrogen-bond acceptors (Lipinski definition) is 6. The normalized spacial score (nSPS) is 18.7. The molecule has 1 aromatic carbocycles. The summed E-state index contributed by atoms with van der Waals surface area (Å²) in [6, 6.07) is 5.36. The fourth-order valence-electron chi connectivity index (χ4n) is 5.15. The number of allylic oxidation sites excluding steroid dienone is 1. The SMILES string of the molecule is CC[C@H](NC(=O)C1CCCN1C(=O)C(CC1=CCc2ccccc21)NC(=O)[C@@H](C)CC(=O)OC(C)(C)C)C(N)=O. The van der Waals surface area contributed by atoms with Crippen LogP contribution in [0.2, 0.25) is 0 Å². The minimum Gasteiger partial charge on any atom is -0.460 e. The van der Waals surface area contributed by atoms with E-state index in [1.54, 1.807) is 34.6 Å². The van der Waals surface area contributed by atoms with Crippen molar-refractivity contribution in [1.82, 2.24) is 15.5 Å². The number of carbonyl (C=O) groups is 5. The first-order chi connectivity index (χ1) is 18.8. The summed E-state index contributed by atoms with van der Waals surface area (Å²) in [6.45, 7) is 8.97. The number of ether oxygens (including phenoxy) is 1. The third-order valence-corrected chi connectivity index (χ3v) is 7.22. The van der Waals surface area contributed by atoms with E-state index in [-0.39, 0.29) is 18.7 Å². The summed E-state index contributed by atoms with van der Waals surface area (Å²) in [5, 5.41) is 5.52. The Hall–Kier alpha value is -3.69. The van der Waals surface area contributed by atoms with Crippen LogP contribution < -0.4 is 16.4 Å². The molecule has 1 aliphatic carbocycles. The Morgan fingerprint density at radius 2 is 1.80 bits per heavy atom. The van der Waals surface area contributed by atoms with Gasteiger partial charge in [-0.25, -0.2) is 0 Å².